The smallest absolute Gasteiger partial charge is 0.224 e. The predicted molar refractivity (Wildman–Crippen MR) is 77.6 cm³/mol. The molecule has 0 aliphatic rings. The third-order valence-electron chi connectivity index (χ3n) is 2.98. The Morgan fingerprint density at radius 1 is 1.60 bits per heavy atom. The number of aromatic nitrogens is 1. The van der Waals surface area contributed by atoms with Crippen LogP contribution in [0.1, 0.15) is 32.3 Å². The van der Waals surface area contributed by atoms with Gasteiger partial charge in [-0.2, -0.15) is 5.26 Å². The summed E-state index contributed by atoms with van der Waals surface area (Å²) < 4.78 is 0. The predicted octanol–water partition coefficient (Wildman–Crippen LogP) is 1.71. The van der Waals surface area contributed by atoms with E-state index < -0.39 is 0 Å². The van der Waals surface area contributed by atoms with Gasteiger partial charge in [0.2, 0.25) is 5.91 Å². The summed E-state index contributed by atoms with van der Waals surface area (Å²) in [6.07, 6.45) is 4.25. The van der Waals surface area contributed by atoms with Gasteiger partial charge in [-0.05, 0) is 25.1 Å². The van der Waals surface area contributed by atoms with Crippen LogP contribution in [0.25, 0.3) is 0 Å². The molecule has 20 heavy (non-hydrogen) atoms. The molecule has 0 spiro atoms. The van der Waals surface area contributed by atoms with E-state index >= 15 is 0 Å². The number of carbonyl (C=O) groups excluding carboxylic acids is 1. The van der Waals surface area contributed by atoms with E-state index in [9.17, 15) is 4.79 Å². The first kappa shape index (κ1) is 16.1. The molecule has 0 bridgehead atoms. The Balaban J connectivity index is 2.63. The largest absolute Gasteiger partial charge is 0.337 e. The first-order chi connectivity index (χ1) is 9.67. The highest BCUT2D eigenvalue weighted by Crippen LogP contribution is 2.07. The van der Waals surface area contributed by atoms with E-state index in [1.807, 2.05) is 26.0 Å². The molecule has 1 aromatic rings. The number of rotatable bonds is 8. The summed E-state index contributed by atoms with van der Waals surface area (Å²) >= 11 is 0. The molecule has 1 rings (SSSR count). The molecule has 1 N–H and O–H groups in total. The normalized spacial score (nSPS) is 11.7. The number of pyridine rings is 1. The van der Waals surface area contributed by atoms with Crippen LogP contribution < -0.4 is 5.32 Å². The molecular weight excluding hydrogens is 252 g/mol. The molecule has 1 amide bonds. The molecule has 1 unspecified atom stereocenters. The van der Waals surface area contributed by atoms with E-state index in [4.69, 9.17) is 5.26 Å². The van der Waals surface area contributed by atoms with Gasteiger partial charge in [0.25, 0.3) is 0 Å². The molecule has 0 aromatic carbocycles. The summed E-state index contributed by atoms with van der Waals surface area (Å²) in [6.45, 7) is 5.82. The minimum atomic E-state index is 0.0672. The van der Waals surface area contributed by atoms with Gasteiger partial charge in [0.05, 0.1) is 12.5 Å². The number of hydrogen-bond acceptors (Lipinski definition) is 4. The zero-order valence-corrected chi connectivity index (χ0v) is 12.2. The maximum Gasteiger partial charge on any atom is 0.224 e. The summed E-state index contributed by atoms with van der Waals surface area (Å²) in [5, 5.41) is 11.9. The van der Waals surface area contributed by atoms with Crippen LogP contribution in [0.2, 0.25) is 0 Å². The van der Waals surface area contributed by atoms with Crippen molar-refractivity contribution in [1.82, 2.24) is 15.2 Å². The molecule has 1 aromatic heterocycles. The van der Waals surface area contributed by atoms with Crippen molar-refractivity contribution in [3.63, 3.8) is 0 Å². The third-order valence-corrected chi connectivity index (χ3v) is 2.98. The van der Waals surface area contributed by atoms with Crippen LogP contribution in [0.15, 0.2) is 24.5 Å². The molecule has 108 valence electrons. The molecule has 0 aliphatic heterocycles. The van der Waals surface area contributed by atoms with E-state index in [0.717, 1.165) is 12.1 Å². The second-order valence-corrected chi connectivity index (χ2v) is 4.75. The Morgan fingerprint density at radius 3 is 3.00 bits per heavy atom. The van der Waals surface area contributed by atoms with Gasteiger partial charge < -0.3 is 10.2 Å². The van der Waals surface area contributed by atoms with Gasteiger partial charge >= 0.3 is 0 Å². The van der Waals surface area contributed by atoms with Crippen LogP contribution >= 0.6 is 0 Å². The number of nitriles is 1. The summed E-state index contributed by atoms with van der Waals surface area (Å²) in [6, 6.07) is 6.03. The van der Waals surface area contributed by atoms with Crippen LogP contribution in [0.3, 0.4) is 0 Å². The summed E-state index contributed by atoms with van der Waals surface area (Å²) in [5.41, 5.74) is 0.981. The van der Waals surface area contributed by atoms with E-state index in [-0.39, 0.29) is 11.9 Å². The minimum absolute atomic E-state index is 0.0672. The maximum absolute atomic E-state index is 12.3. The fourth-order valence-electron chi connectivity index (χ4n) is 2.00. The fourth-order valence-corrected chi connectivity index (χ4v) is 2.00. The number of carbonyl (C=O) groups is 1. The van der Waals surface area contributed by atoms with Crippen molar-refractivity contribution in [1.29, 1.82) is 5.26 Å². The molecular formula is C15H22N4O. The molecule has 1 heterocycles. The molecule has 5 heteroatoms. The number of nitrogens with one attached hydrogen (secondary N) is 1. The van der Waals surface area contributed by atoms with E-state index in [1.165, 1.54) is 0 Å². The van der Waals surface area contributed by atoms with Crippen molar-refractivity contribution >= 4 is 5.91 Å². The second kappa shape index (κ2) is 9.05. The highest BCUT2D eigenvalue weighted by molar-refractivity contribution is 5.76. The molecule has 0 saturated heterocycles. The quantitative estimate of drug-likeness (QED) is 0.783. The molecule has 1 atom stereocenters. The zero-order valence-electron chi connectivity index (χ0n) is 12.2. The Morgan fingerprint density at radius 2 is 2.40 bits per heavy atom. The van der Waals surface area contributed by atoms with E-state index in [2.05, 4.69) is 16.4 Å². The van der Waals surface area contributed by atoms with Crippen LogP contribution in [-0.2, 0) is 11.3 Å². The van der Waals surface area contributed by atoms with Crippen molar-refractivity contribution in [2.75, 3.05) is 13.1 Å². The average Bonchev–Trinajstić information content (AvgIpc) is 2.44. The molecule has 5 nitrogen and oxygen atoms in total. The highest BCUT2D eigenvalue weighted by Gasteiger charge is 2.16. The number of nitrogens with zero attached hydrogens (tertiary/aromatic N) is 3. The van der Waals surface area contributed by atoms with Crippen LogP contribution in [0, 0.1) is 11.3 Å². The SMILES string of the molecule is CCNC(C)CC(=O)N(CCC#N)Cc1cccnc1. The Bertz CT molecular complexity index is 441. The van der Waals surface area contributed by atoms with Crippen molar-refractivity contribution in [3.8, 4) is 6.07 Å². The van der Waals surface area contributed by atoms with Gasteiger partial charge in [-0.15, -0.1) is 0 Å². The summed E-state index contributed by atoms with van der Waals surface area (Å²) in [5.74, 6) is 0.0672. The molecule has 0 saturated carbocycles. The van der Waals surface area contributed by atoms with Gasteiger partial charge in [-0.25, -0.2) is 0 Å². The monoisotopic (exact) mass is 274 g/mol. The Hall–Kier alpha value is -1.93. The van der Waals surface area contributed by atoms with Gasteiger partial charge in [0.1, 0.15) is 0 Å². The first-order valence-electron chi connectivity index (χ1n) is 6.94. The standard InChI is InChI=1S/C15H22N4O/c1-3-18-13(2)10-15(20)19(9-5-7-16)12-14-6-4-8-17-11-14/h4,6,8,11,13,18H,3,5,9-10,12H2,1-2H3. The average molecular weight is 274 g/mol. The van der Waals surface area contributed by atoms with Crippen molar-refractivity contribution < 1.29 is 4.79 Å². The lowest BCUT2D eigenvalue weighted by Gasteiger charge is -2.23. The molecule has 0 aliphatic carbocycles. The number of amides is 1. The fraction of sp³-hybridized carbons (Fsp3) is 0.533. The lowest BCUT2D eigenvalue weighted by Crippen LogP contribution is -2.37. The van der Waals surface area contributed by atoms with Crippen LogP contribution in [0.5, 0.6) is 0 Å². The van der Waals surface area contributed by atoms with Crippen LogP contribution in [0.4, 0.5) is 0 Å². The summed E-state index contributed by atoms with van der Waals surface area (Å²) in [4.78, 5) is 18.1. The number of hydrogen-bond donors (Lipinski definition) is 1. The summed E-state index contributed by atoms with van der Waals surface area (Å²) in [7, 11) is 0. The van der Waals surface area contributed by atoms with Crippen molar-refractivity contribution in [3.05, 3.63) is 30.1 Å². The first-order valence-corrected chi connectivity index (χ1v) is 6.94. The Kier molecular flexibility index (Phi) is 7.30. The van der Waals surface area contributed by atoms with Gasteiger partial charge in [-0.1, -0.05) is 13.0 Å². The highest BCUT2D eigenvalue weighted by atomic mass is 16.2. The minimum Gasteiger partial charge on any atom is -0.337 e. The lowest BCUT2D eigenvalue weighted by molar-refractivity contribution is -0.132. The van der Waals surface area contributed by atoms with Crippen molar-refractivity contribution in [2.45, 2.75) is 39.3 Å². The van der Waals surface area contributed by atoms with Crippen molar-refractivity contribution in [2.24, 2.45) is 0 Å². The topological polar surface area (TPSA) is 69.0 Å². The molecule has 0 fully saturated rings. The van der Waals surface area contributed by atoms with Crippen LogP contribution in [-0.4, -0.2) is 34.9 Å². The molecule has 0 radical (unpaired) electrons. The second-order valence-electron chi connectivity index (χ2n) is 4.75. The zero-order chi connectivity index (χ0) is 14.8. The third kappa shape index (κ3) is 5.81. The maximum atomic E-state index is 12.3. The van der Waals surface area contributed by atoms with E-state index in [0.29, 0.717) is 25.9 Å². The van der Waals surface area contributed by atoms with Gasteiger partial charge in [0.15, 0.2) is 0 Å². The van der Waals surface area contributed by atoms with Gasteiger partial charge in [-0.3, -0.25) is 9.78 Å². The van der Waals surface area contributed by atoms with E-state index in [1.54, 1.807) is 17.3 Å². The Labute approximate surface area is 120 Å². The van der Waals surface area contributed by atoms with Gasteiger partial charge in [0, 0.05) is 37.9 Å². The lowest BCUT2D eigenvalue weighted by atomic mass is 10.2.